The van der Waals surface area contributed by atoms with Crippen LogP contribution in [0.25, 0.3) is 0 Å². The fraction of sp³-hybridized carbons (Fsp3) is 0.292. The zero-order valence-electron chi connectivity index (χ0n) is 17.2. The molecule has 3 atom stereocenters. The highest BCUT2D eigenvalue weighted by atomic mass is 19.1. The van der Waals surface area contributed by atoms with Crippen LogP contribution in [0.2, 0.25) is 0 Å². The van der Waals surface area contributed by atoms with Crippen molar-refractivity contribution in [3.63, 3.8) is 0 Å². The third kappa shape index (κ3) is 5.28. The Bertz CT molecular complexity index is 1010. The molecular formula is C24H22FNO5. The molecule has 0 aromatic heterocycles. The van der Waals surface area contributed by atoms with E-state index >= 15 is 0 Å². The van der Waals surface area contributed by atoms with E-state index in [1.807, 2.05) is 38.1 Å². The van der Waals surface area contributed by atoms with Gasteiger partial charge in [-0.2, -0.15) is 5.26 Å². The van der Waals surface area contributed by atoms with E-state index in [0.29, 0.717) is 17.1 Å². The van der Waals surface area contributed by atoms with Gasteiger partial charge in [-0.1, -0.05) is 50.3 Å². The van der Waals surface area contributed by atoms with Crippen molar-refractivity contribution in [1.82, 2.24) is 0 Å². The number of allylic oxidation sites excluding steroid dienone is 1. The summed E-state index contributed by atoms with van der Waals surface area (Å²) in [5, 5.41) is 9.56. The van der Waals surface area contributed by atoms with Gasteiger partial charge in [0.1, 0.15) is 17.6 Å². The maximum atomic E-state index is 12.7. The minimum atomic E-state index is -1.21. The molecule has 2 aromatic rings. The summed E-state index contributed by atoms with van der Waals surface area (Å²) in [6.07, 6.45) is 1.51. The van der Waals surface area contributed by atoms with Crippen molar-refractivity contribution in [3.05, 3.63) is 72.3 Å². The van der Waals surface area contributed by atoms with Gasteiger partial charge in [-0.3, -0.25) is 4.79 Å². The first-order chi connectivity index (χ1) is 14.9. The molecule has 1 saturated carbocycles. The van der Waals surface area contributed by atoms with Crippen LogP contribution in [0.4, 0.5) is 4.39 Å². The molecule has 0 radical (unpaired) electrons. The summed E-state index contributed by atoms with van der Waals surface area (Å²) in [4.78, 5) is 24.0. The summed E-state index contributed by atoms with van der Waals surface area (Å²) in [6, 6.07) is 18.0. The molecular weight excluding hydrogens is 401 g/mol. The van der Waals surface area contributed by atoms with E-state index in [0.717, 1.165) is 6.08 Å². The molecule has 2 aromatic carbocycles. The predicted molar refractivity (Wildman–Crippen MR) is 109 cm³/mol. The van der Waals surface area contributed by atoms with Crippen LogP contribution < -0.4 is 4.74 Å². The molecule has 0 heterocycles. The molecule has 0 amide bonds. The van der Waals surface area contributed by atoms with Gasteiger partial charge in [-0.15, -0.1) is 0 Å². The third-order valence-corrected chi connectivity index (χ3v) is 5.29. The number of carbonyl (C=O) groups is 2. The first kappa shape index (κ1) is 22.0. The second-order valence-electron chi connectivity index (χ2n) is 7.69. The maximum Gasteiger partial charge on any atom is 0.332 e. The highest BCUT2D eigenvalue weighted by Crippen LogP contribution is 2.59. The minimum Gasteiger partial charge on any atom is -0.457 e. The van der Waals surface area contributed by atoms with E-state index in [1.54, 1.807) is 36.4 Å². The van der Waals surface area contributed by atoms with Crippen LogP contribution in [-0.2, 0) is 19.1 Å². The van der Waals surface area contributed by atoms with Crippen molar-refractivity contribution >= 4 is 11.9 Å². The van der Waals surface area contributed by atoms with Crippen LogP contribution in [0.3, 0.4) is 0 Å². The average molecular weight is 423 g/mol. The molecule has 1 aliphatic carbocycles. The highest BCUT2D eigenvalue weighted by Gasteiger charge is 2.61. The van der Waals surface area contributed by atoms with Crippen LogP contribution in [-0.4, -0.2) is 18.8 Å². The molecule has 31 heavy (non-hydrogen) atoms. The zero-order valence-corrected chi connectivity index (χ0v) is 17.2. The van der Waals surface area contributed by atoms with Gasteiger partial charge in [-0.05, 0) is 35.6 Å². The summed E-state index contributed by atoms with van der Waals surface area (Å²) in [6.45, 7) is 2.49. The molecule has 7 heteroatoms. The Hall–Kier alpha value is -3.66. The quantitative estimate of drug-likeness (QED) is 0.444. The van der Waals surface area contributed by atoms with Crippen molar-refractivity contribution in [1.29, 1.82) is 5.26 Å². The topological polar surface area (TPSA) is 85.6 Å². The Morgan fingerprint density at radius 2 is 1.87 bits per heavy atom. The number of hydrogen-bond acceptors (Lipinski definition) is 6. The molecule has 1 aliphatic rings. The van der Waals surface area contributed by atoms with Crippen molar-refractivity contribution in [3.8, 4) is 17.6 Å². The van der Waals surface area contributed by atoms with Crippen molar-refractivity contribution < 1.29 is 28.2 Å². The van der Waals surface area contributed by atoms with Gasteiger partial charge in [0, 0.05) is 11.6 Å². The summed E-state index contributed by atoms with van der Waals surface area (Å²) < 4.78 is 27.5. The number of hydrogen-bond donors (Lipinski definition) is 0. The second-order valence-corrected chi connectivity index (χ2v) is 7.69. The molecule has 6 nitrogen and oxygen atoms in total. The number of carbonyl (C=O) groups excluding carboxylic acids is 2. The normalized spacial score (nSPS) is 19.8. The maximum absolute atomic E-state index is 12.7. The lowest BCUT2D eigenvalue weighted by Gasteiger charge is -2.13. The molecule has 0 unspecified atom stereocenters. The standard InChI is InChI=1S/C24H22FNO5/c1-24(2)19(11-12-21(27)29-15-25)22(24)23(28)31-20(14-26)16-7-6-10-18(13-16)30-17-8-4-3-5-9-17/h3-13,19-20,22H,15H2,1-2H3/b12-11-/t19-,20+,22-/m0/s1. The van der Waals surface area contributed by atoms with E-state index in [2.05, 4.69) is 4.74 Å². The number of ether oxygens (including phenoxy) is 3. The van der Waals surface area contributed by atoms with Crippen LogP contribution >= 0.6 is 0 Å². The number of rotatable bonds is 8. The van der Waals surface area contributed by atoms with Crippen LogP contribution in [0.1, 0.15) is 25.5 Å². The summed E-state index contributed by atoms with van der Waals surface area (Å²) >= 11 is 0. The lowest BCUT2D eigenvalue weighted by molar-refractivity contribution is -0.149. The molecule has 1 fully saturated rings. The Kier molecular flexibility index (Phi) is 6.71. The molecule has 0 N–H and O–H groups in total. The lowest BCUT2D eigenvalue weighted by Crippen LogP contribution is -2.14. The molecule has 0 aliphatic heterocycles. The second kappa shape index (κ2) is 9.43. The van der Waals surface area contributed by atoms with Gasteiger partial charge in [-0.25, -0.2) is 9.18 Å². The number of nitrogens with zero attached hydrogens (tertiary/aromatic N) is 1. The smallest absolute Gasteiger partial charge is 0.332 e. The van der Waals surface area contributed by atoms with Gasteiger partial charge in [0.25, 0.3) is 0 Å². The van der Waals surface area contributed by atoms with E-state index in [1.165, 1.54) is 6.08 Å². The number of benzene rings is 2. The summed E-state index contributed by atoms with van der Waals surface area (Å²) in [5.74, 6) is -1.01. The molecule has 3 rings (SSSR count). The Morgan fingerprint density at radius 3 is 2.55 bits per heavy atom. The van der Waals surface area contributed by atoms with E-state index in [4.69, 9.17) is 9.47 Å². The number of alkyl halides is 1. The number of esters is 2. The van der Waals surface area contributed by atoms with E-state index < -0.39 is 36.2 Å². The van der Waals surface area contributed by atoms with Gasteiger partial charge in [0.2, 0.25) is 13.0 Å². The van der Waals surface area contributed by atoms with E-state index in [-0.39, 0.29) is 5.92 Å². The van der Waals surface area contributed by atoms with Crippen molar-refractivity contribution in [2.24, 2.45) is 17.3 Å². The van der Waals surface area contributed by atoms with Crippen molar-refractivity contribution in [2.75, 3.05) is 6.86 Å². The predicted octanol–water partition coefficient (Wildman–Crippen LogP) is 4.89. The Morgan fingerprint density at radius 1 is 1.16 bits per heavy atom. The fourth-order valence-electron chi connectivity index (χ4n) is 3.50. The summed E-state index contributed by atoms with van der Waals surface area (Å²) in [7, 11) is 0. The third-order valence-electron chi connectivity index (χ3n) is 5.29. The van der Waals surface area contributed by atoms with E-state index in [9.17, 15) is 19.2 Å². The fourth-order valence-corrected chi connectivity index (χ4v) is 3.50. The molecule has 0 spiro atoms. The number of para-hydroxylation sites is 1. The number of nitriles is 1. The van der Waals surface area contributed by atoms with Crippen LogP contribution in [0.5, 0.6) is 11.5 Å². The Balaban J connectivity index is 1.67. The highest BCUT2D eigenvalue weighted by molar-refractivity contribution is 5.83. The van der Waals surface area contributed by atoms with Gasteiger partial charge in [0.15, 0.2) is 0 Å². The molecule has 0 bridgehead atoms. The monoisotopic (exact) mass is 423 g/mol. The zero-order chi connectivity index (χ0) is 22.4. The summed E-state index contributed by atoms with van der Waals surface area (Å²) in [5.41, 5.74) is 0.0309. The van der Waals surface area contributed by atoms with Gasteiger partial charge < -0.3 is 14.2 Å². The van der Waals surface area contributed by atoms with Crippen molar-refractivity contribution in [2.45, 2.75) is 20.0 Å². The first-order valence-electron chi connectivity index (χ1n) is 9.70. The first-order valence-corrected chi connectivity index (χ1v) is 9.70. The number of halogens is 1. The van der Waals surface area contributed by atoms with Crippen LogP contribution in [0.15, 0.2) is 66.7 Å². The average Bonchev–Trinajstić information content (AvgIpc) is 3.32. The largest absolute Gasteiger partial charge is 0.457 e. The molecule has 160 valence electrons. The van der Waals surface area contributed by atoms with Gasteiger partial charge >= 0.3 is 11.9 Å². The lowest BCUT2D eigenvalue weighted by atomic mass is 10.1. The minimum absolute atomic E-state index is 0.278. The van der Waals surface area contributed by atoms with Crippen LogP contribution in [0, 0.1) is 28.6 Å². The van der Waals surface area contributed by atoms with Gasteiger partial charge in [0.05, 0.1) is 5.92 Å². The Labute approximate surface area is 179 Å². The SMILES string of the molecule is CC1(C)[C@H](C(=O)O[C@H](C#N)c2cccc(Oc3ccccc3)c2)[C@@H]1/C=C\C(=O)OCF. The molecule has 0 saturated heterocycles.